The molecule has 0 saturated carbocycles. The van der Waals surface area contributed by atoms with Crippen molar-refractivity contribution in [2.24, 2.45) is 0 Å². The summed E-state index contributed by atoms with van der Waals surface area (Å²) in [6, 6.07) is 11.4. The predicted molar refractivity (Wildman–Crippen MR) is 122 cm³/mol. The van der Waals surface area contributed by atoms with Gasteiger partial charge in [0.05, 0.1) is 19.1 Å². The number of carbonyl (C=O) groups is 2. The van der Waals surface area contributed by atoms with Gasteiger partial charge in [-0.2, -0.15) is 0 Å². The summed E-state index contributed by atoms with van der Waals surface area (Å²) in [6.45, 7) is 7.34. The van der Waals surface area contributed by atoms with Crippen molar-refractivity contribution >= 4 is 11.7 Å². The quantitative estimate of drug-likeness (QED) is 0.688. The Labute approximate surface area is 189 Å². The van der Waals surface area contributed by atoms with Gasteiger partial charge in [-0.25, -0.2) is 0 Å². The molecule has 4 rings (SSSR count). The minimum absolute atomic E-state index is 0.00991. The lowest BCUT2D eigenvalue weighted by Gasteiger charge is -2.44. The number of Topliss-reactive ketones (excluding diaryl/α,β-unsaturated/α-hetero) is 1. The zero-order valence-corrected chi connectivity index (χ0v) is 19.3. The average Bonchev–Trinajstić information content (AvgIpc) is 2.77. The summed E-state index contributed by atoms with van der Waals surface area (Å²) < 4.78 is 17.5. The number of carbonyl (C=O) groups excluding carboxylic acids is 2. The molecule has 6 heteroatoms. The van der Waals surface area contributed by atoms with Gasteiger partial charge in [-0.1, -0.05) is 26.0 Å². The van der Waals surface area contributed by atoms with Crippen LogP contribution in [0.2, 0.25) is 0 Å². The number of hydrogen-bond donors (Lipinski definition) is 0. The van der Waals surface area contributed by atoms with Crippen LogP contribution in [-0.2, 0) is 4.79 Å². The molecule has 0 atom stereocenters. The number of hydrogen-bond acceptors (Lipinski definition) is 5. The number of fused-ring (bicyclic) bond motifs is 1. The Kier molecular flexibility index (Phi) is 6.13. The van der Waals surface area contributed by atoms with E-state index in [1.54, 1.807) is 25.3 Å². The van der Waals surface area contributed by atoms with Crippen molar-refractivity contribution in [2.75, 3.05) is 26.8 Å². The fourth-order valence-electron chi connectivity index (χ4n) is 4.52. The molecular formula is C26H31NO5. The van der Waals surface area contributed by atoms with Crippen LogP contribution in [0.4, 0.5) is 0 Å². The SMILES string of the molecule is COc1ccc2c(c1)OC1(CCN(C(=O)COc3cc(C)ccc3C(C)C)CC1)CC2=O. The number of piperidine rings is 1. The molecule has 1 fully saturated rings. The molecule has 0 bridgehead atoms. The molecule has 170 valence electrons. The van der Waals surface area contributed by atoms with Crippen LogP contribution >= 0.6 is 0 Å². The Balaban J connectivity index is 1.38. The zero-order valence-electron chi connectivity index (χ0n) is 19.3. The van der Waals surface area contributed by atoms with Gasteiger partial charge in [-0.15, -0.1) is 0 Å². The van der Waals surface area contributed by atoms with Crippen molar-refractivity contribution in [1.82, 2.24) is 4.90 Å². The molecule has 2 aromatic carbocycles. The second kappa shape index (κ2) is 8.85. The molecule has 1 saturated heterocycles. The second-order valence-corrected chi connectivity index (χ2v) is 9.11. The summed E-state index contributed by atoms with van der Waals surface area (Å²) in [5, 5.41) is 0. The van der Waals surface area contributed by atoms with E-state index in [4.69, 9.17) is 14.2 Å². The first-order valence-electron chi connectivity index (χ1n) is 11.2. The Morgan fingerprint density at radius 1 is 1.16 bits per heavy atom. The van der Waals surface area contributed by atoms with Gasteiger partial charge < -0.3 is 19.1 Å². The highest BCUT2D eigenvalue weighted by atomic mass is 16.5. The van der Waals surface area contributed by atoms with E-state index < -0.39 is 5.60 Å². The third kappa shape index (κ3) is 4.45. The molecule has 2 heterocycles. The van der Waals surface area contributed by atoms with Gasteiger partial charge in [-0.3, -0.25) is 9.59 Å². The normalized spacial score (nSPS) is 17.2. The maximum absolute atomic E-state index is 12.8. The first kappa shape index (κ1) is 22.2. The Morgan fingerprint density at radius 3 is 2.59 bits per heavy atom. The van der Waals surface area contributed by atoms with Gasteiger partial charge in [0.1, 0.15) is 22.8 Å². The van der Waals surface area contributed by atoms with E-state index >= 15 is 0 Å². The highest BCUT2D eigenvalue weighted by Gasteiger charge is 2.43. The van der Waals surface area contributed by atoms with Crippen molar-refractivity contribution in [3.8, 4) is 17.2 Å². The van der Waals surface area contributed by atoms with E-state index in [0.717, 1.165) is 16.9 Å². The monoisotopic (exact) mass is 437 g/mol. The van der Waals surface area contributed by atoms with Crippen LogP contribution < -0.4 is 14.2 Å². The van der Waals surface area contributed by atoms with E-state index in [0.29, 0.717) is 55.3 Å². The molecule has 0 N–H and O–H groups in total. The number of methoxy groups -OCH3 is 1. The fraction of sp³-hybridized carbons (Fsp3) is 0.462. The maximum atomic E-state index is 12.8. The zero-order chi connectivity index (χ0) is 22.9. The molecule has 2 aliphatic heterocycles. The minimum atomic E-state index is -0.560. The smallest absolute Gasteiger partial charge is 0.260 e. The van der Waals surface area contributed by atoms with Crippen molar-refractivity contribution in [1.29, 1.82) is 0 Å². The van der Waals surface area contributed by atoms with Gasteiger partial charge in [0, 0.05) is 32.0 Å². The van der Waals surface area contributed by atoms with Crippen molar-refractivity contribution in [3.63, 3.8) is 0 Å². The molecule has 2 aliphatic rings. The van der Waals surface area contributed by atoms with Gasteiger partial charge in [0.25, 0.3) is 5.91 Å². The van der Waals surface area contributed by atoms with E-state index in [-0.39, 0.29) is 18.3 Å². The number of amides is 1. The number of ether oxygens (including phenoxy) is 3. The Hall–Kier alpha value is -3.02. The largest absolute Gasteiger partial charge is 0.497 e. The first-order valence-corrected chi connectivity index (χ1v) is 11.2. The topological polar surface area (TPSA) is 65.1 Å². The van der Waals surface area contributed by atoms with Crippen molar-refractivity contribution < 1.29 is 23.8 Å². The lowest BCUT2D eigenvalue weighted by molar-refractivity contribution is -0.136. The van der Waals surface area contributed by atoms with Crippen LogP contribution in [0.3, 0.4) is 0 Å². The van der Waals surface area contributed by atoms with Crippen LogP contribution in [-0.4, -0.2) is 49.0 Å². The van der Waals surface area contributed by atoms with Crippen LogP contribution in [0, 0.1) is 6.92 Å². The minimum Gasteiger partial charge on any atom is -0.497 e. The highest BCUT2D eigenvalue weighted by Crippen LogP contribution is 2.40. The number of nitrogens with zero attached hydrogens (tertiary/aromatic N) is 1. The van der Waals surface area contributed by atoms with E-state index in [2.05, 4.69) is 26.0 Å². The lowest BCUT2D eigenvalue weighted by Crippen LogP contribution is -2.53. The van der Waals surface area contributed by atoms with Gasteiger partial charge in [0.15, 0.2) is 12.4 Å². The molecular weight excluding hydrogens is 406 g/mol. The molecule has 1 spiro atoms. The molecule has 0 radical (unpaired) electrons. The van der Waals surface area contributed by atoms with E-state index in [1.807, 2.05) is 17.9 Å². The predicted octanol–water partition coefficient (Wildman–Crippen LogP) is 4.53. The van der Waals surface area contributed by atoms with E-state index in [1.165, 1.54) is 0 Å². The summed E-state index contributed by atoms with van der Waals surface area (Å²) in [5.41, 5.74) is 2.24. The lowest BCUT2D eigenvalue weighted by atomic mass is 9.82. The molecule has 2 aromatic rings. The molecule has 0 aliphatic carbocycles. The number of rotatable bonds is 5. The van der Waals surface area contributed by atoms with Crippen LogP contribution in [0.15, 0.2) is 36.4 Å². The van der Waals surface area contributed by atoms with Gasteiger partial charge >= 0.3 is 0 Å². The number of aryl methyl sites for hydroxylation is 1. The average molecular weight is 438 g/mol. The summed E-state index contributed by atoms with van der Waals surface area (Å²) in [5.74, 6) is 2.37. The third-order valence-corrected chi connectivity index (χ3v) is 6.47. The summed E-state index contributed by atoms with van der Waals surface area (Å²) in [7, 11) is 1.59. The standard InChI is InChI=1S/C26H31NO5/c1-17(2)20-7-5-18(3)13-23(20)31-16-25(29)27-11-9-26(10-12-27)15-22(28)21-8-6-19(30-4)14-24(21)32-26/h5-8,13-14,17H,9-12,15-16H2,1-4H3. The molecule has 6 nitrogen and oxygen atoms in total. The summed E-state index contributed by atoms with van der Waals surface area (Å²) in [4.78, 5) is 27.4. The third-order valence-electron chi connectivity index (χ3n) is 6.47. The van der Waals surface area contributed by atoms with Crippen molar-refractivity contribution in [3.05, 3.63) is 53.1 Å². The van der Waals surface area contributed by atoms with Gasteiger partial charge in [0.2, 0.25) is 0 Å². The second-order valence-electron chi connectivity index (χ2n) is 9.11. The van der Waals surface area contributed by atoms with Crippen LogP contribution in [0.1, 0.15) is 60.5 Å². The van der Waals surface area contributed by atoms with Crippen LogP contribution in [0.5, 0.6) is 17.2 Å². The Morgan fingerprint density at radius 2 is 1.91 bits per heavy atom. The van der Waals surface area contributed by atoms with Crippen molar-refractivity contribution in [2.45, 2.75) is 51.6 Å². The Bertz CT molecular complexity index is 1020. The van der Waals surface area contributed by atoms with Crippen LogP contribution in [0.25, 0.3) is 0 Å². The molecule has 1 amide bonds. The summed E-state index contributed by atoms with van der Waals surface area (Å²) in [6.07, 6.45) is 1.57. The molecule has 0 aromatic heterocycles. The van der Waals surface area contributed by atoms with E-state index in [9.17, 15) is 9.59 Å². The number of likely N-dealkylation sites (tertiary alicyclic amines) is 1. The maximum Gasteiger partial charge on any atom is 0.260 e. The highest BCUT2D eigenvalue weighted by molar-refractivity contribution is 6.00. The fourth-order valence-corrected chi connectivity index (χ4v) is 4.52. The number of ketones is 1. The van der Waals surface area contributed by atoms with Gasteiger partial charge in [-0.05, 0) is 42.2 Å². The molecule has 32 heavy (non-hydrogen) atoms. The summed E-state index contributed by atoms with van der Waals surface area (Å²) >= 11 is 0. The first-order chi connectivity index (χ1) is 15.3. The number of benzene rings is 2. The molecule has 0 unspecified atom stereocenters.